The average molecular weight is 509 g/mol. The second-order valence-corrected chi connectivity index (χ2v) is 11.5. The van der Waals surface area contributed by atoms with E-state index in [1.807, 2.05) is 69.3 Å². The van der Waals surface area contributed by atoms with E-state index in [0.29, 0.717) is 24.3 Å². The first-order valence-corrected chi connectivity index (χ1v) is 13.2. The van der Waals surface area contributed by atoms with Gasteiger partial charge in [0, 0.05) is 22.9 Å². The van der Waals surface area contributed by atoms with Crippen LogP contribution in [0.25, 0.3) is 0 Å². The molecule has 2 unspecified atom stereocenters. The molecular weight excluding hydrogens is 476 g/mol. The topological polar surface area (TPSA) is 91.4 Å². The molecular formula is C31H32N4O3. The number of aromatic nitrogens is 1. The van der Waals surface area contributed by atoms with Crippen molar-refractivity contribution in [2.24, 2.45) is 5.41 Å². The first-order chi connectivity index (χ1) is 18.2. The number of nitrogens with one attached hydrogen (secondary N) is 2. The van der Waals surface area contributed by atoms with Gasteiger partial charge >= 0.3 is 0 Å². The fourth-order valence-electron chi connectivity index (χ4n) is 6.46. The second-order valence-electron chi connectivity index (χ2n) is 11.5. The van der Waals surface area contributed by atoms with Gasteiger partial charge in [0.25, 0.3) is 0 Å². The van der Waals surface area contributed by atoms with Gasteiger partial charge in [-0.15, -0.1) is 0 Å². The molecule has 3 aromatic rings. The number of anilines is 2. The van der Waals surface area contributed by atoms with E-state index in [1.54, 1.807) is 11.1 Å². The van der Waals surface area contributed by atoms with Crippen LogP contribution in [-0.4, -0.2) is 34.2 Å². The zero-order valence-corrected chi connectivity index (χ0v) is 22.0. The lowest BCUT2D eigenvalue weighted by molar-refractivity contribution is -0.150. The highest BCUT2D eigenvalue weighted by Gasteiger charge is 2.51. The molecule has 3 aliphatic rings. The molecule has 3 heterocycles. The summed E-state index contributed by atoms with van der Waals surface area (Å²) >= 11 is 0. The smallest absolute Gasteiger partial charge is 0.244 e. The Balaban J connectivity index is 1.21. The fourth-order valence-corrected chi connectivity index (χ4v) is 6.46. The number of nitrogens with zero attached hydrogens (tertiary/aromatic N) is 2. The van der Waals surface area contributed by atoms with Crippen LogP contribution in [0.15, 0.2) is 60.8 Å². The normalized spacial score (nSPS) is 23.2. The third kappa shape index (κ3) is 3.88. The van der Waals surface area contributed by atoms with Crippen LogP contribution in [0.1, 0.15) is 60.5 Å². The van der Waals surface area contributed by atoms with Crippen molar-refractivity contribution in [1.82, 2.24) is 9.88 Å². The maximum Gasteiger partial charge on any atom is 0.244 e. The number of aryl methyl sites for hydroxylation is 1. The molecule has 6 rings (SSSR count). The van der Waals surface area contributed by atoms with E-state index in [9.17, 15) is 14.4 Å². The van der Waals surface area contributed by atoms with Crippen molar-refractivity contribution in [2.45, 2.75) is 57.9 Å². The van der Waals surface area contributed by atoms with Gasteiger partial charge in [-0.05, 0) is 73.1 Å². The summed E-state index contributed by atoms with van der Waals surface area (Å²) in [5.74, 6) is 0.385. The third-order valence-corrected chi connectivity index (χ3v) is 8.58. The molecule has 0 saturated carbocycles. The molecule has 194 valence electrons. The predicted octanol–water partition coefficient (Wildman–Crippen LogP) is 4.71. The minimum Gasteiger partial charge on any atom is -0.326 e. The van der Waals surface area contributed by atoms with Crippen molar-refractivity contribution in [2.75, 3.05) is 17.2 Å². The largest absolute Gasteiger partial charge is 0.326 e. The molecule has 2 atom stereocenters. The minimum absolute atomic E-state index is 0.00238. The van der Waals surface area contributed by atoms with Crippen molar-refractivity contribution in [1.29, 1.82) is 0 Å². The van der Waals surface area contributed by atoms with Crippen LogP contribution >= 0.6 is 0 Å². The molecule has 0 radical (unpaired) electrons. The summed E-state index contributed by atoms with van der Waals surface area (Å²) in [6, 6.07) is 17.6. The molecule has 38 heavy (non-hydrogen) atoms. The summed E-state index contributed by atoms with van der Waals surface area (Å²) in [7, 11) is 0. The fraction of sp³-hybridized carbons (Fsp3) is 0.355. The molecule has 2 N–H and O–H groups in total. The lowest BCUT2D eigenvalue weighted by atomic mass is 9.78. The maximum absolute atomic E-state index is 13.5. The predicted molar refractivity (Wildman–Crippen MR) is 146 cm³/mol. The van der Waals surface area contributed by atoms with Crippen LogP contribution in [0.4, 0.5) is 11.5 Å². The van der Waals surface area contributed by atoms with Gasteiger partial charge in [0.1, 0.15) is 12.4 Å². The van der Waals surface area contributed by atoms with E-state index in [4.69, 9.17) is 0 Å². The Hall–Kier alpha value is -4.00. The van der Waals surface area contributed by atoms with Crippen molar-refractivity contribution in [3.05, 3.63) is 88.6 Å². The lowest BCUT2D eigenvalue weighted by Gasteiger charge is -2.43. The average Bonchev–Trinajstić information content (AvgIpc) is 3.40. The van der Waals surface area contributed by atoms with Gasteiger partial charge in [0.15, 0.2) is 0 Å². The highest BCUT2D eigenvalue weighted by Crippen LogP contribution is 2.47. The first-order valence-electron chi connectivity index (χ1n) is 13.2. The van der Waals surface area contributed by atoms with E-state index in [2.05, 4.69) is 21.7 Å². The number of fused-ring (bicyclic) bond motifs is 3. The molecule has 7 nitrogen and oxygen atoms in total. The highest BCUT2D eigenvalue weighted by atomic mass is 16.2. The van der Waals surface area contributed by atoms with Crippen molar-refractivity contribution in [3.63, 3.8) is 0 Å². The minimum atomic E-state index is -0.652. The zero-order valence-electron chi connectivity index (χ0n) is 22.0. The van der Waals surface area contributed by atoms with Gasteiger partial charge in [-0.25, -0.2) is 4.98 Å². The zero-order chi connectivity index (χ0) is 26.7. The standard InChI is InChI=1S/C31H32N4O3/c1-19-7-4-5-8-23(19)25-12-13-30(2,3)29(38)35(25)18-26(36)33-22-11-10-20-16-31(17-21(20)15-22)24-9-6-14-32-27(24)34-28(31)37/h4-11,14-15,25H,12-13,16-18H2,1-3H3,(H,33,36)(H,32,34,37). The Bertz CT molecular complexity index is 1480. The van der Waals surface area contributed by atoms with Gasteiger partial charge < -0.3 is 15.5 Å². The van der Waals surface area contributed by atoms with Crippen LogP contribution in [-0.2, 0) is 32.6 Å². The van der Waals surface area contributed by atoms with Gasteiger partial charge in [0.2, 0.25) is 17.7 Å². The molecule has 1 aliphatic carbocycles. The Morgan fingerprint density at radius 1 is 1.08 bits per heavy atom. The van der Waals surface area contributed by atoms with E-state index < -0.39 is 10.8 Å². The molecule has 1 spiro atoms. The quantitative estimate of drug-likeness (QED) is 0.534. The molecule has 1 aromatic heterocycles. The first kappa shape index (κ1) is 24.3. The Morgan fingerprint density at radius 2 is 1.87 bits per heavy atom. The third-order valence-electron chi connectivity index (χ3n) is 8.58. The van der Waals surface area contributed by atoms with E-state index in [-0.39, 0.29) is 30.3 Å². The molecule has 2 aliphatic heterocycles. The number of pyridine rings is 1. The molecule has 1 fully saturated rings. The SMILES string of the molecule is Cc1ccccc1C1CCC(C)(C)C(=O)N1CC(=O)Nc1ccc2c(c1)CC1(C2)C(=O)Nc2ncccc21. The Kier molecular flexibility index (Phi) is 5.63. The number of carbonyl (C=O) groups is 3. The number of hydrogen-bond acceptors (Lipinski definition) is 4. The van der Waals surface area contributed by atoms with Crippen molar-refractivity contribution in [3.8, 4) is 0 Å². The summed E-state index contributed by atoms with van der Waals surface area (Å²) in [4.78, 5) is 45.8. The lowest BCUT2D eigenvalue weighted by Crippen LogP contribution is -2.50. The van der Waals surface area contributed by atoms with Crippen LogP contribution in [0.3, 0.4) is 0 Å². The van der Waals surface area contributed by atoms with Gasteiger partial charge in [0.05, 0.1) is 11.5 Å². The maximum atomic E-state index is 13.5. The summed E-state index contributed by atoms with van der Waals surface area (Å²) < 4.78 is 0. The number of piperidine rings is 1. The van der Waals surface area contributed by atoms with Crippen LogP contribution < -0.4 is 10.6 Å². The second kappa shape index (κ2) is 8.79. The summed E-state index contributed by atoms with van der Waals surface area (Å²) in [5.41, 5.74) is 4.81. The van der Waals surface area contributed by atoms with Gasteiger partial charge in [-0.2, -0.15) is 0 Å². The highest BCUT2D eigenvalue weighted by molar-refractivity contribution is 6.06. The Morgan fingerprint density at radius 3 is 2.68 bits per heavy atom. The summed E-state index contributed by atoms with van der Waals surface area (Å²) in [6.45, 7) is 5.95. The van der Waals surface area contributed by atoms with Crippen molar-refractivity contribution >= 4 is 29.2 Å². The summed E-state index contributed by atoms with van der Waals surface area (Å²) in [5, 5.41) is 5.95. The number of hydrogen-bond donors (Lipinski definition) is 2. The number of likely N-dealkylation sites (tertiary alicyclic amines) is 1. The summed E-state index contributed by atoms with van der Waals surface area (Å²) in [6.07, 6.45) is 4.45. The van der Waals surface area contributed by atoms with Gasteiger partial charge in [-0.1, -0.05) is 50.2 Å². The molecule has 7 heteroatoms. The number of carbonyl (C=O) groups excluding carboxylic acids is 3. The van der Waals surface area contributed by atoms with E-state index in [0.717, 1.165) is 40.7 Å². The van der Waals surface area contributed by atoms with Gasteiger partial charge in [-0.3, -0.25) is 14.4 Å². The monoisotopic (exact) mass is 508 g/mol. The number of amides is 3. The van der Waals surface area contributed by atoms with Crippen LogP contribution in [0, 0.1) is 12.3 Å². The molecule has 3 amide bonds. The number of benzene rings is 2. The van der Waals surface area contributed by atoms with Crippen molar-refractivity contribution < 1.29 is 14.4 Å². The molecule has 0 bridgehead atoms. The van der Waals surface area contributed by atoms with E-state index in [1.165, 1.54) is 0 Å². The number of rotatable bonds is 4. The molecule has 1 saturated heterocycles. The molecule has 2 aromatic carbocycles. The van der Waals surface area contributed by atoms with Crippen LogP contribution in [0.2, 0.25) is 0 Å². The van der Waals surface area contributed by atoms with E-state index >= 15 is 0 Å². The van der Waals surface area contributed by atoms with Crippen LogP contribution in [0.5, 0.6) is 0 Å². The Labute approximate surface area is 222 Å².